The van der Waals surface area contributed by atoms with E-state index in [-0.39, 0.29) is 6.04 Å². The fraction of sp³-hybridized carbons (Fsp3) is 0.833. The van der Waals surface area contributed by atoms with Gasteiger partial charge in [-0.25, -0.2) is 0 Å². The molecule has 2 nitrogen and oxygen atoms in total. The molecule has 0 rings (SSSR count). The van der Waals surface area contributed by atoms with E-state index in [4.69, 9.17) is 0 Å². The third-order valence-corrected chi connectivity index (χ3v) is 0.920. The van der Waals surface area contributed by atoms with Gasteiger partial charge >= 0.3 is 0 Å². The summed E-state index contributed by atoms with van der Waals surface area (Å²) >= 11 is 0. The summed E-state index contributed by atoms with van der Waals surface area (Å²) in [4.78, 5) is 9.95. The summed E-state index contributed by atoms with van der Waals surface area (Å²) in [5.41, 5.74) is 0. The molecule has 0 heterocycles. The molecular weight excluding hydrogens is 102 g/mol. The Morgan fingerprint density at radius 3 is 2.75 bits per heavy atom. The van der Waals surface area contributed by atoms with Crippen molar-refractivity contribution in [3.8, 4) is 0 Å². The Morgan fingerprint density at radius 2 is 2.38 bits per heavy atom. The van der Waals surface area contributed by atoms with Crippen molar-refractivity contribution in [2.45, 2.75) is 26.3 Å². The number of carbonyl (C=O) groups excluding carboxylic acids is 1. The molecule has 0 fully saturated rings. The van der Waals surface area contributed by atoms with Crippen LogP contribution in [0.5, 0.6) is 0 Å². The minimum atomic E-state index is 0.0231. The van der Waals surface area contributed by atoms with E-state index in [2.05, 4.69) is 12.2 Å². The molecule has 2 heteroatoms. The van der Waals surface area contributed by atoms with Crippen molar-refractivity contribution in [3.63, 3.8) is 0 Å². The summed E-state index contributed by atoms with van der Waals surface area (Å²) in [5, 5.41) is 3.01. The molecular formula is C6H13NO. The molecule has 0 aliphatic rings. The molecule has 0 radical (unpaired) electrons. The summed E-state index contributed by atoms with van der Waals surface area (Å²) < 4.78 is 0. The molecule has 0 saturated heterocycles. The lowest BCUT2D eigenvalue weighted by atomic mass is 10.3. The van der Waals surface area contributed by atoms with E-state index in [1.54, 1.807) is 0 Å². The van der Waals surface area contributed by atoms with E-state index >= 15 is 0 Å². The number of aldehydes is 1. The van der Waals surface area contributed by atoms with Gasteiger partial charge in [0.2, 0.25) is 0 Å². The molecule has 0 saturated carbocycles. The van der Waals surface area contributed by atoms with Crippen LogP contribution in [0, 0.1) is 0 Å². The van der Waals surface area contributed by atoms with Crippen molar-refractivity contribution in [3.05, 3.63) is 0 Å². The highest BCUT2D eigenvalue weighted by molar-refractivity contribution is 5.56. The summed E-state index contributed by atoms with van der Waals surface area (Å²) in [7, 11) is 0. The molecule has 48 valence electrons. The number of hydrogen-bond donors (Lipinski definition) is 1. The van der Waals surface area contributed by atoms with Gasteiger partial charge in [0.25, 0.3) is 0 Å². The summed E-state index contributed by atoms with van der Waals surface area (Å²) in [6.45, 7) is 4.85. The standard InChI is InChI=1S/C6H13NO/c1-3-4-7-6(2)5-8/h5-7H,3-4H2,1-2H3/t6-/m0/s1. The fourth-order valence-corrected chi connectivity index (χ4v) is 0.420. The lowest BCUT2D eigenvalue weighted by Crippen LogP contribution is -2.27. The van der Waals surface area contributed by atoms with Crippen LogP contribution >= 0.6 is 0 Å². The molecule has 0 spiro atoms. The van der Waals surface area contributed by atoms with E-state index < -0.39 is 0 Å². The van der Waals surface area contributed by atoms with E-state index in [0.29, 0.717) is 0 Å². The van der Waals surface area contributed by atoms with Crippen molar-refractivity contribution in [1.29, 1.82) is 0 Å². The van der Waals surface area contributed by atoms with Gasteiger partial charge in [0, 0.05) is 0 Å². The Kier molecular flexibility index (Phi) is 4.56. The van der Waals surface area contributed by atoms with Gasteiger partial charge in [0.1, 0.15) is 6.29 Å². The summed E-state index contributed by atoms with van der Waals surface area (Å²) in [5.74, 6) is 0. The maximum Gasteiger partial charge on any atom is 0.136 e. The highest BCUT2D eigenvalue weighted by Crippen LogP contribution is 1.74. The topological polar surface area (TPSA) is 29.1 Å². The first-order chi connectivity index (χ1) is 3.81. The van der Waals surface area contributed by atoms with Crippen LogP contribution in [0.15, 0.2) is 0 Å². The molecule has 0 bridgehead atoms. The average molecular weight is 115 g/mol. The number of hydrogen-bond acceptors (Lipinski definition) is 2. The van der Waals surface area contributed by atoms with E-state index in [1.165, 1.54) is 0 Å². The monoisotopic (exact) mass is 115 g/mol. The molecule has 1 N–H and O–H groups in total. The van der Waals surface area contributed by atoms with Gasteiger partial charge in [0.05, 0.1) is 6.04 Å². The minimum absolute atomic E-state index is 0.0231. The van der Waals surface area contributed by atoms with Gasteiger partial charge in [-0.15, -0.1) is 0 Å². The van der Waals surface area contributed by atoms with Crippen LogP contribution in [0.4, 0.5) is 0 Å². The van der Waals surface area contributed by atoms with Crippen molar-refractivity contribution in [2.24, 2.45) is 0 Å². The molecule has 0 unspecified atom stereocenters. The second-order valence-electron chi connectivity index (χ2n) is 1.88. The Morgan fingerprint density at radius 1 is 1.75 bits per heavy atom. The number of nitrogens with one attached hydrogen (secondary N) is 1. The molecule has 0 aromatic carbocycles. The van der Waals surface area contributed by atoms with Crippen LogP contribution in [-0.2, 0) is 4.79 Å². The maximum atomic E-state index is 9.95. The van der Waals surface area contributed by atoms with Crippen molar-refractivity contribution in [2.75, 3.05) is 6.54 Å². The minimum Gasteiger partial charge on any atom is -0.308 e. The van der Waals surface area contributed by atoms with Crippen molar-refractivity contribution >= 4 is 6.29 Å². The first-order valence-corrected chi connectivity index (χ1v) is 3.00. The quantitative estimate of drug-likeness (QED) is 0.543. The molecule has 0 aliphatic heterocycles. The predicted molar refractivity (Wildman–Crippen MR) is 33.8 cm³/mol. The number of carbonyl (C=O) groups is 1. The SMILES string of the molecule is CCCN[C@@H](C)C=O. The fourth-order valence-electron chi connectivity index (χ4n) is 0.420. The Labute approximate surface area is 50.3 Å². The molecule has 1 atom stereocenters. The lowest BCUT2D eigenvalue weighted by Gasteiger charge is -2.02. The van der Waals surface area contributed by atoms with Crippen LogP contribution < -0.4 is 5.32 Å². The number of rotatable bonds is 4. The van der Waals surface area contributed by atoms with Crippen LogP contribution in [0.2, 0.25) is 0 Å². The smallest absolute Gasteiger partial charge is 0.136 e. The van der Waals surface area contributed by atoms with Crippen LogP contribution in [0.1, 0.15) is 20.3 Å². The third-order valence-electron chi connectivity index (χ3n) is 0.920. The zero-order chi connectivity index (χ0) is 6.41. The zero-order valence-electron chi connectivity index (χ0n) is 5.48. The zero-order valence-corrected chi connectivity index (χ0v) is 5.48. The van der Waals surface area contributed by atoms with Crippen molar-refractivity contribution < 1.29 is 4.79 Å². The molecule has 0 aromatic rings. The van der Waals surface area contributed by atoms with Gasteiger partial charge in [-0.2, -0.15) is 0 Å². The normalized spacial score (nSPS) is 13.2. The Hall–Kier alpha value is -0.370. The van der Waals surface area contributed by atoms with E-state index in [9.17, 15) is 4.79 Å². The first kappa shape index (κ1) is 7.63. The van der Waals surface area contributed by atoms with Gasteiger partial charge < -0.3 is 10.1 Å². The Bertz CT molecular complexity index is 63.5. The average Bonchev–Trinajstić information content (AvgIpc) is 1.83. The van der Waals surface area contributed by atoms with Gasteiger partial charge in [-0.05, 0) is 19.9 Å². The molecule has 0 aliphatic carbocycles. The van der Waals surface area contributed by atoms with E-state index in [1.807, 2.05) is 6.92 Å². The largest absolute Gasteiger partial charge is 0.308 e. The van der Waals surface area contributed by atoms with Gasteiger partial charge in [-0.1, -0.05) is 6.92 Å². The second kappa shape index (κ2) is 4.78. The highest BCUT2D eigenvalue weighted by atomic mass is 16.1. The molecule has 0 aromatic heterocycles. The maximum absolute atomic E-state index is 9.95. The molecule has 0 amide bonds. The van der Waals surface area contributed by atoms with Gasteiger partial charge in [0.15, 0.2) is 0 Å². The predicted octanol–water partition coefficient (Wildman–Crippen LogP) is 0.573. The summed E-state index contributed by atoms with van der Waals surface area (Å²) in [6.07, 6.45) is 1.99. The third kappa shape index (κ3) is 3.81. The molecule has 8 heavy (non-hydrogen) atoms. The lowest BCUT2D eigenvalue weighted by molar-refractivity contribution is -0.109. The van der Waals surface area contributed by atoms with E-state index in [0.717, 1.165) is 19.3 Å². The van der Waals surface area contributed by atoms with Gasteiger partial charge in [-0.3, -0.25) is 0 Å². The van der Waals surface area contributed by atoms with Crippen LogP contribution in [0.3, 0.4) is 0 Å². The Balaban J connectivity index is 2.98. The van der Waals surface area contributed by atoms with Crippen LogP contribution in [0.25, 0.3) is 0 Å². The second-order valence-corrected chi connectivity index (χ2v) is 1.88. The van der Waals surface area contributed by atoms with Crippen molar-refractivity contribution in [1.82, 2.24) is 5.32 Å². The van der Waals surface area contributed by atoms with Crippen LogP contribution in [-0.4, -0.2) is 18.9 Å². The summed E-state index contributed by atoms with van der Waals surface area (Å²) in [6, 6.07) is 0.0231. The highest BCUT2D eigenvalue weighted by Gasteiger charge is 1.92. The first-order valence-electron chi connectivity index (χ1n) is 3.00.